The minimum Gasteiger partial charge on any atom is -0.383 e. The van der Waals surface area contributed by atoms with Crippen LogP contribution in [0.5, 0.6) is 0 Å². The molecule has 0 aliphatic carbocycles. The summed E-state index contributed by atoms with van der Waals surface area (Å²) in [5.41, 5.74) is 1.35. The van der Waals surface area contributed by atoms with Crippen molar-refractivity contribution in [3.8, 4) is 0 Å². The van der Waals surface area contributed by atoms with E-state index in [-0.39, 0.29) is 5.69 Å². The summed E-state index contributed by atoms with van der Waals surface area (Å²) in [6, 6.07) is 6.88. The molecule has 0 spiro atoms. The molecule has 1 aromatic carbocycles. The third-order valence-electron chi connectivity index (χ3n) is 2.93. The van der Waals surface area contributed by atoms with Crippen molar-refractivity contribution in [1.29, 1.82) is 0 Å². The van der Waals surface area contributed by atoms with Crippen LogP contribution in [0.1, 0.15) is 6.92 Å². The molecule has 0 saturated carbocycles. The van der Waals surface area contributed by atoms with E-state index in [1.165, 1.54) is 6.07 Å². The lowest BCUT2D eigenvalue weighted by atomic mass is 10.1. The Bertz CT molecular complexity index is 603. The number of thioether (sulfide) groups is 1. The van der Waals surface area contributed by atoms with Gasteiger partial charge in [-0.05, 0) is 24.5 Å². The van der Waals surface area contributed by atoms with Crippen LogP contribution in [0.3, 0.4) is 0 Å². The van der Waals surface area contributed by atoms with Crippen LogP contribution < -0.4 is 5.32 Å². The SMILES string of the molecule is CSC(C)CNc1ccc([N+](=O)[O-])c2ncccc12. The molecule has 1 N–H and O–H groups in total. The Hall–Kier alpha value is -1.82. The van der Waals surface area contributed by atoms with Crippen molar-refractivity contribution >= 4 is 34.0 Å². The van der Waals surface area contributed by atoms with E-state index in [4.69, 9.17) is 0 Å². The maximum absolute atomic E-state index is 11.0. The van der Waals surface area contributed by atoms with Crippen LogP contribution in [0.4, 0.5) is 11.4 Å². The Morgan fingerprint density at radius 1 is 1.47 bits per heavy atom. The molecule has 2 rings (SSSR count). The average Bonchev–Trinajstić information content (AvgIpc) is 2.43. The summed E-state index contributed by atoms with van der Waals surface area (Å²) < 4.78 is 0. The number of fused-ring (bicyclic) bond motifs is 1. The van der Waals surface area contributed by atoms with Crippen molar-refractivity contribution in [2.45, 2.75) is 12.2 Å². The number of aromatic nitrogens is 1. The summed E-state index contributed by atoms with van der Waals surface area (Å²) in [5, 5.41) is 15.6. The summed E-state index contributed by atoms with van der Waals surface area (Å²) in [5.74, 6) is 0. The van der Waals surface area contributed by atoms with Gasteiger partial charge in [0.25, 0.3) is 5.69 Å². The van der Waals surface area contributed by atoms with Crippen molar-refractivity contribution in [3.63, 3.8) is 0 Å². The number of nitro benzene ring substituents is 1. The third kappa shape index (κ3) is 2.96. The van der Waals surface area contributed by atoms with Gasteiger partial charge in [0.05, 0.1) is 4.92 Å². The highest BCUT2D eigenvalue weighted by atomic mass is 32.2. The normalized spacial score (nSPS) is 12.3. The number of rotatable bonds is 5. The highest BCUT2D eigenvalue weighted by Crippen LogP contribution is 2.29. The molecule has 5 nitrogen and oxygen atoms in total. The highest BCUT2D eigenvalue weighted by Gasteiger charge is 2.15. The molecule has 1 unspecified atom stereocenters. The van der Waals surface area contributed by atoms with Gasteiger partial charge in [-0.1, -0.05) is 6.92 Å². The molecule has 19 heavy (non-hydrogen) atoms. The van der Waals surface area contributed by atoms with Gasteiger partial charge < -0.3 is 5.32 Å². The standard InChI is InChI=1S/C13H15N3O2S/c1-9(19-2)8-15-11-5-6-12(16(17)18)13-10(11)4-3-7-14-13/h3-7,9,15H,8H2,1-2H3. The van der Waals surface area contributed by atoms with Crippen LogP contribution in [0.25, 0.3) is 10.9 Å². The van der Waals surface area contributed by atoms with E-state index in [9.17, 15) is 10.1 Å². The molecule has 1 heterocycles. The lowest BCUT2D eigenvalue weighted by Crippen LogP contribution is -2.12. The maximum Gasteiger partial charge on any atom is 0.295 e. The monoisotopic (exact) mass is 277 g/mol. The molecule has 6 heteroatoms. The van der Waals surface area contributed by atoms with E-state index in [2.05, 4.69) is 23.5 Å². The topological polar surface area (TPSA) is 68.1 Å². The van der Waals surface area contributed by atoms with Crippen molar-refractivity contribution in [2.75, 3.05) is 18.1 Å². The van der Waals surface area contributed by atoms with Crippen molar-refractivity contribution in [2.24, 2.45) is 0 Å². The van der Waals surface area contributed by atoms with Crippen LogP contribution in [0, 0.1) is 10.1 Å². The van der Waals surface area contributed by atoms with Crippen LogP contribution in [-0.4, -0.2) is 28.0 Å². The van der Waals surface area contributed by atoms with Gasteiger partial charge in [0.15, 0.2) is 0 Å². The molecule has 1 atom stereocenters. The van der Waals surface area contributed by atoms with Crippen molar-refractivity contribution in [1.82, 2.24) is 4.98 Å². The van der Waals surface area contributed by atoms with Gasteiger partial charge in [-0.3, -0.25) is 10.1 Å². The molecule has 0 radical (unpaired) electrons. The summed E-state index contributed by atoms with van der Waals surface area (Å²) in [4.78, 5) is 14.7. The average molecular weight is 277 g/mol. The summed E-state index contributed by atoms with van der Waals surface area (Å²) in [7, 11) is 0. The molecule has 100 valence electrons. The fraction of sp³-hybridized carbons (Fsp3) is 0.308. The van der Waals surface area contributed by atoms with Crippen molar-refractivity contribution < 1.29 is 4.92 Å². The van der Waals surface area contributed by atoms with E-state index in [1.54, 1.807) is 30.1 Å². The second kappa shape index (κ2) is 5.88. The molecule has 1 aromatic heterocycles. The Labute approximate surface area is 115 Å². The third-order valence-corrected chi connectivity index (χ3v) is 3.90. The van der Waals surface area contributed by atoms with Gasteiger partial charge >= 0.3 is 0 Å². The first-order valence-electron chi connectivity index (χ1n) is 5.92. The van der Waals surface area contributed by atoms with Crippen LogP contribution in [0.2, 0.25) is 0 Å². The predicted octanol–water partition coefficient (Wildman–Crippen LogP) is 3.31. The number of hydrogen-bond acceptors (Lipinski definition) is 5. The van der Waals surface area contributed by atoms with Crippen molar-refractivity contribution in [3.05, 3.63) is 40.6 Å². The lowest BCUT2D eigenvalue weighted by molar-refractivity contribution is -0.383. The number of non-ortho nitro benzene ring substituents is 1. The first kappa shape index (κ1) is 13.6. The quantitative estimate of drug-likeness (QED) is 0.670. The zero-order chi connectivity index (χ0) is 13.8. The molecule has 0 saturated heterocycles. The van der Waals surface area contributed by atoms with Gasteiger partial charge in [-0.25, -0.2) is 4.98 Å². The van der Waals surface area contributed by atoms with E-state index in [1.807, 2.05) is 6.07 Å². The molecule has 0 aliphatic heterocycles. The number of nitrogens with zero attached hydrogens (tertiary/aromatic N) is 2. The van der Waals surface area contributed by atoms with Crippen LogP contribution >= 0.6 is 11.8 Å². The maximum atomic E-state index is 11.0. The predicted molar refractivity (Wildman–Crippen MR) is 79.9 cm³/mol. The molecular formula is C13H15N3O2S. The molecule has 2 aromatic rings. The Morgan fingerprint density at radius 3 is 2.95 bits per heavy atom. The Kier molecular flexibility index (Phi) is 4.21. The zero-order valence-corrected chi connectivity index (χ0v) is 11.6. The number of pyridine rings is 1. The second-order valence-corrected chi connectivity index (χ2v) is 5.49. The number of nitro groups is 1. The molecular weight excluding hydrogens is 262 g/mol. The van der Waals surface area contributed by atoms with E-state index < -0.39 is 4.92 Å². The molecule has 0 aliphatic rings. The van der Waals surface area contributed by atoms with E-state index in [0.717, 1.165) is 17.6 Å². The molecule has 0 amide bonds. The Morgan fingerprint density at radius 2 is 2.26 bits per heavy atom. The lowest BCUT2D eigenvalue weighted by Gasteiger charge is -2.13. The second-order valence-electron chi connectivity index (χ2n) is 4.22. The van der Waals surface area contributed by atoms with Gasteiger partial charge in [-0.2, -0.15) is 11.8 Å². The van der Waals surface area contributed by atoms with Gasteiger partial charge in [-0.15, -0.1) is 0 Å². The van der Waals surface area contributed by atoms with Gasteiger partial charge in [0.2, 0.25) is 0 Å². The number of benzene rings is 1. The van der Waals surface area contributed by atoms with E-state index >= 15 is 0 Å². The van der Waals surface area contributed by atoms with Crippen LogP contribution in [-0.2, 0) is 0 Å². The largest absolute Gasteiger partial charge is 0.383 e. The minimum atomic E-state index is -0.399. The Balaban J connectivity index is 2.41. The first-order valence-corrected chi connectivity index (χ1v) is 7.21. The first-order chi connectivity index (χ1) is 9.13. The molecule has 0 bridgehead atoms. The zero-order valence-electron chi connectivity index (χ0n) is 10.8. The van der Waals surface area contributed by atoms with Gasteiger partial charge in [0, 0.05) is 35.1 Å². The summed E-state index contributed by atoms with van der Waals surface area (Å²) >= 11 is 1.77. The molecule has 0 fully saturated rings. The summed E-state index contributed by atoms with van der Waals surface area (Å²) in [6.07, 6.45) is 3.63. The fourth-order valence-corrected chi connectivity index (χ4v) is 2.05. The number of anilines is 1. The number of hydrogen-bond donors (Lipinski definition) is 1. The van der Waals surface area contributed by atoms with E-state index in [0.29, 0.717) is 10.8 Å². The fourth-order valence-electron chi connectivity index (χ4n) is 1.80. The smallest absolute Gasteiger partial charge is 0.295 e. The summed E-state index contributed by atoms with van der Waals surface area (Å²) in [6.45, 7) is 2.94. The number of nitrogens with one attached hydrogen (secondary N) is 1. The highest BCUT2D eigenvalue weighted by molar-refractivity contribution is 7.99. The minimum absolute atomic E-state index is 0.0408. The van der Waals surface area contributed by atoms with Crippen LogP contribution in [0.15, 0.2) is 30.5 Å². The van der Waals surface area contributed by atoms with Gasteiger partial charge in [0.1, 0.15) is 5.52 Å².